The Balaban J connectivity index is 2.47. The summed E-state index contributed by atoms with van der Waals surface area (Å²) in [4.78, 5) is 10.6. The Labute approximate surface area is 85.6 Å². The Hall–Kier alpha value is -1.05. The molecule has 0 spiro atoms. The summed E-state index contributed by atoms with van der Waals surface area (Å²) in [6, 6.07) is 0. The molecule has 0 fully saturated rings. The van der Waals surface area contributed by atoms with E-state index in [-0.39, 0.29) is 11.4 Å². The molecule has 2 heteroatoms. The quantitative estimate of drug-likeness (QED) is 0.646. The van der Waals surface area contributed by atoms with Gasteiger partial charge < -0.3 is 4.74 Å². The minimum atomic E-state index is -0.206. The van der Waals surface area contributed by atoms with Gasteiger partial charge in [-0.15, -0.1) is 0 Å². The smallest absolute Gasteiger partial charge is 0.302 e. The van der Waals surface area contributed by atoms with Crippen LogP contribution in [0.2, 0.25) is 0 Å². The van der Waals surface area contributed by atoms with Gasteiger partial charge in [0.05, 0.1) is 6.61 Å². The van der Waals surface area contributed by atoms with Gasteiger partial charge in [-0.1, -0.05) is 38.2 Å². The number of hydrogen-bond acceptors (Lipinski definition) is 2. The summed E-state index contributed by atoms with van der Waals surface area (Å²) in [6.45, 7) is 10.3. The van der Waals surface area contributed by atoms with Gasteiger partial charge in [-0.3, -0.25) is 4.79 Å². The first-order chi connectivity index (χ1) is 6.46. The van der Waals surface area contributed by atoms with E-state index in [0.29, 0.717) is 12.5 Å². The fourth-order valence-corrected chi connectivity index (χ4v) is 1.72. The van der Waals surface area contributed by atoms with E-state index in [1.54, 1.807) is 0 Å². The van der Waals surface area contributed by atoms with Crippen molar-refractivity contribution in [2.45, 2.75) is 27.2 Å². The van der Waals surface area contributed by atoms with E-state index in [2.05, 4.69) is 32.6 Å². The Bertz CT molecular complexity index is 278. The Morgan fingerprint density at radius 2 is 2.36 bits per heavy atom. The molecule has 1 aliphatic rings. The summed E-state index contributed by atoms with van der Waals surface area (Å²) in [5, 5.41) is 0. The van der Waals surface area contributed by atoms with Crippen LogP contribution in [0.1, 0.15) is 27.2 Å². The second-order valence-corrected chi connectivity index (χ2v) is 4.23. The lowest BCUT2D eigenvalue weighted by molar-refractivity contribution is -0.141. The topological polar surface area (TPSA) is 26.3 Å². The van der Waals surface area contributed by atoms with Gasteiger partial charge in [-0.25, -0.2) is 0 Å². The molecule has 2 nitrogen and oxygen atoms in total. The predicted molar refractivity (Wildman–Crippen MR) is 56.8 cm³/mol. The van der Waals surface area contributed by atoms with Crippen LogP contribution in [-0.4, -0.2) is 12.6 Å². The highest BCUT2D eigenvalue weighted by Gasteiger charge is 2.33. The van der Waals surface area contributed by atoms with Gasteiger partial charge in [0, 0.05) is 6.92 Å². The van der Waals surface area contributed by atoms with Crippen molar-refractivity contribution in [2.75, 3.05) is 6.61 Å². The molecule has 0 heterocycles. The van der Waals surface area contributed by atoms with Crippen LogP contribution in [0.15, 0.2) is 24.3 Å². The van der Waals surface area contributed by atoms with Crippen LogP contribution in [0.5, 0.6) is 0 Å². The van der Waals surface area contributed by atoms with Crippen LogP contribution in [0.3, 0.4) is 0 Å². The maximum Gasteiger partial charge on any atom is 0.302 e. The Morgan fingerprint density at radius 3 is 2.79 bits per heavy atom. The highest BCUT2D eigenvalue weighted by atomic mass is 16.5. The summed E-state index contributed by atoms with van der Waals surface area (Å²) in [7, 11) is 0. The maximum atomic E-state index is 10.6. The third-order valence-electron chi connectivity index (χ3n) is 3.17. The zero-order valence-corrected chi connectivity index (χ0v) is 9.17. The predicted octanol–water partition coefficient (Wildman–Crippen LogP) is 2.71. The maximum absolute atomic E-state index is 10.6. The molecule has 2 atom stereocenters. The van der Waals surface area contributed by atoms with Crippen molar-refractivity contribution in [3.05, 3.63) is 24.3 Å². The molecule has 1 aliphatic carbocycles. The molecule has 78 valence electrons. The van der Waals surface area contributed by atoms with Crippen LogP contribution < -0.4 is 0 Å². The molecule has 14 heavy (non-hydrogen) atoms. The average Bonchev–Trinajstić information content (AvgIpc) is 2.34. The van der Waals surface area contributed by atoms with E-state index in [1.165, 1.54) is 6.92 Å². The van der Waals surface area contributed by atoms with Gasteiger partial charge in [0.15, 0.2) is 0 Å². The molecule has 0 unspecified atom stereocenters. The largest absolute Gasteiger partial charge is 0.466 e. The number of hydrogen-bond donors (Lipinski definition) is 0. The van der Waals surface area contributed by atoms with E-state index in [0.717, 1.165) is 12.0 Å². The molecule has 0 N–H and O–H groups in total. The van der Waals surface area contributed by atoms with Crippen molar-refractivity contribution in [3.63, 3.8) is 0 Å². The second kappa shape index (κ2) is 3.99. The molecule has 0 amide bonds. The highest BCUT2D eigenvalue weighted by Crippen LogP contribution is 2.42. The lowest BCUT2D eigenvalue weighted by atomic mass is 9.77. The summed E-state index contributed by atoms with van der Waals surface area (Å²) in [6.07, 6.45) is 5.10. The van der Waals surface area contributed by atoms with Crippen LogP contribution >= 0.6 is 0 Å². The van der Waals surface area contributed by atoms with Crippen LogP contribution in [0.4, 0.5) is 0 Å². The SMILES string of the molecule is C=C1C=C[C@](C)(CCOC(C)=O)[C@H]1C. The third-order valence-corrected chi connectivity index (χ3v) is 3.17. The lowest BCUT2D eigenvalue weighted by Crippen LogP contribution is -2.22. The van der Waals surface area contributed by atoms with Crippen molar-refractivity contribution in [1.29, 1.82) is 0 Å². The Morgan fingerprint density at radius 1 is 1.71 bits per heavy atom. The number of ether oxygens (including phenoxy) is 1. The third kappa shape index (κ3) is 2.25. The molecule has 0 bridgehead atoms. The first kappa shape index (κ1) is 11.0. The van der Waals surface area contributed by atoms with E-state index >= 15 is 0 Å². The summed E-state index contributed by atoms with van der Waals surface area (Å²) < 4.78 is 4.95. The van der Waals surface area contributed by atoms with Crippen molar-refractivity contribution >= 4 is 5.97 Å². The number of rotatable bonds is 3. The van der Waals surface area contributed by atoms with Gasteiger partial charge in [0.2, 0.25) is 0 Å². The van der Waals surface area contributed by atoms with Gasteiger partial charge >= 0.3 is 5.97 Å². The first-order valence-electron chi connectivity index (χ1n) is 4.97. The molecular formula is C12H18O2. The van der Waals surface area contributed by atoms with Gasteiger partial charge in [-0.05, 0) is 17.8 Å². The summed E-state index contributed by atoms with van der Waals surface area (Å²) in [5.74, 6) is 0.236. The minimum absolute atomic E-state index is 0.104. The highest BCUT2D eigenvalue weighted by molar-refractivity contribution is 5.65. The van der Waals surface area contributed by atoms with E-state index in [9.17, 15) is 4.79 Å². The zero-order chi connectivity index (χ0) is 10.8. The average molecular weight is 194 g/mol. The molecule has 0 saturated carbocycles. The van der Waals surface area contributed by atoms with E-state index in [4.69, 9.17) is 4.74 Å². The minimum Gasteiger partial charge on any atom is -0.466 e. The van der Waals surface area contributed by atoms with Crippen molar-refractivity contribution in [1.82, 2.24) is 0 Å². The number of allylic oxidation sites excluding steroid dienone is 3. The van der Waals surface area contributed by atoms with Crippen molar-refractivity contribution < 1.29 is 9.53 Å². The van der Waals surface area contributed by atoms with Crippen molar-refractivity contribution in [2.24, 2.45) is 11.3 Å². The molecule has 0 radical (unpaired) electrons. The standard InChI is InChI=1S/C12H18O2/c1-9-5-6-12(4,10(9)2)7-8-14-11(3)13/h5-6,10H,1,7-8H2,2-4H3/t10-,12+/m0/s1. The van der Waals surface area contributed by atoms with Crippen LogP contribution in [-0.2, 0) is 9.53 Å². The molecule has 0 aromatic rings. The lowest BCUT2D eigenvalue weighted by Gasteiger charge is -2.28. The second-order valence-electron chi connectivity index (χ2n) is 4.23. The van der Waals surface area contributed by atoms with Crippen LogP contribution in [0.25, 0.3) is 0 Å². The van der Waals surface area contributed by atoms with Crippen molar-refractivity contribution in [3.8, 4) is 0 Å². The van der Waals surface area contributed by atoms with Gasteiger partial charge in [0.25, 0.3) is 0 Å². The first-order valence-corrected chi connectivity index (χ1v) is 4.97. The zero-order valence-electron chi connectivity index (χ0n) is 9.17. The normalized spacial score (nSPS) is 30.8. The molecule has 0 aromatic heterocycles. The summed E-state index contributed by atoms with van der Waals surface area (Å²) >= 11 is 0. The summed E-state index contributed by atoms with van der Waals surface area (Å²) in [5.41, 5.74) is 1.27. The molecule has 0 aliphatic heterocycles. The monoisotopic (exact) mass is 194 g/mol. The molecule has 0 aromatic carbocycles. The van der Waals surface area contributed by atoms with Gasteiger partial charge in [-0.2, -0.15) is 0 Å². The molecule has 1 rings (SSSR count). The fourth-order valence-electron chi connectivity index (χ4n) is 1.72. The number of esters is 1. The van der Waals surface area contributed by atoms with Gasteiger partial charge in [0.1, 0.15) is 0 Å². The van der Waals surface area contributed by atoms with Crippen LogP contribution in [0, 0.1) is 11.3 Å². The molecular weight excluding hydrogens is 176 g/mol. The number of carbonyl (C=O) groups is 1. The van der Waals surface area contributed by atoms with E-state index < -0.39 is 0 Å². The molecule has 0 saturated heterocycles. The Kier molecular flexibility index (Phi) is 3.14. The van der Waals surface area contributed by atoms with E-state index in [1.807, 2.05) is 0 Å². The number of carbonyl (C=O) groups excluding carboxylic acids is 1. The fraction of sp³-hybridized carbons (Fsp3) is 0.583.